The van der Waals surface area contributed by atoms with Crippen molar-refractivity contribution in [2.45, 2.75) is 45.6 Å². The number of hydrogen-bond acceptors (Lipinski definition) is 3. The van der Waals surface area contributed by atoms with Gasteiger partial charge in [-0.3, -0.25) is 14.5 Å². The van der Waals surface area contributed by atoms with Gasteiger partial charge in [0.15, 0.2) is 5.78 Å². The van der Waals surface area contributed by atoms with Crippen LogP contribution in [0.1, 0.15) is 63.8 Å². The summed E-state index contributed by atoms with van der Waals surface area (Å²) in [7, 11) is 0. The number of carbonyl (C=O) groups excluding carboxylic acids is 2. The molecule has 1 aromatic carbocycles. The minimum absolute atomic E-state index is 0.0512. The van der Waals surface area contributed by atoms with Gasteiger partial charge in [-0.1, -0.05) is 36.0 Å². The Morgan fingerprint density at radius 1 is 0.968 bits per heavy atom. The molecule has 0 radical (unpaired) electrons. The third kappa shape index (κ3) is 4.69. The first kappa shape index (κ1) is 22.4. The summed E-state index contributed by atoms with van der Waals surface area (Å²) in [5.41, 5.74) is 3.67. The van der Waals surface area contributed by atoms with Crippen LogP contribution in [0.25, 0.3) is 0 Å². The Labute approximate surface area is 193 Å². The van der Waals surface area contributed by atoms with E-state index in [1.807, 2.05) is 4.90 Å². The lowest BCUT2D eigenvalue weighted by Crippen LogP contribution is -2.49. The maximum absolute atomic E-state index is 13.1. The highest BCUT2D eigenvalue weighted by molar-refractivity contribution is 6.42. The third-order valence-corrected chi connectivity index (χ3v) is 7.41. The van der Waals surface area contributed by atoms with Gasteiger partial charge in [0.25, 0.3) is 5.91 Å². The Bertz CT molecular complexity index is 987. The highest BCUT2D eigenvalue weighted by atomic mass is 35.5. The van der Waals surface area contributed by atoms with E-state index in [4.69, 9.17) is 23.2 Å². The van der Waals surface area contributed by atoms with Crippen LogP contribution in [0.5, 0.6) is 0 Å². The number of ketones is 1. The van der Waals surface area contributed by atoms with Crippen molar-refractivity contribution in [3.63, 3.8) is 0 Å². The van der Waals surface area contributed by atoms with E-state index in [9.17, 15) is 9.59 Å². The van der Waals surface area contributed by atoms with Gasteiger partial charge in [0, 0.05) is 54.7 Å². The molecule has 0 bridgehead atoms. The molecule has 0 N–H and O–H groups in total. The summed E-state index contributed by atoms with van der Waals surface area (Å²) in [6.07, 6.45) is 4.96. The molecule has 1 saturated heterocycles. The first-order chi connectivity index (χ1) is 14.8. The topological polar surface area (TPSA) is 45.6 Å². The lowest BCUT2D eigenvalue weighted by molar-refractivity contribution is 0.0624. The van der Waals surface area contributed by atoms with Crippen LogP contribution < -0.4 is 0 Å². The number of aromatic nitrogens is 1. The van der Waals surface area contributed by atoms with Crippen molar-refractivity contribution in [3.8, 4) is 0 Å². The maximum Gasteiger partial charge on any atom is 0.253 e. The second-order valence-corrected chi connectivity index (χ2v) is 9.53. The van der Waals surface area contributed by atoms with Gasteiger partial charge >= 0.3 is 0 Å². The van der Waals surface area contributed by atoms with Gasteiger partial charge in [0.05, 0.1) is 16.6 Å². The second-order valence-electron chi connectivity index (χ2n) is 8.71. The molecule has 7 heteroatoms. The largest absolute Gasteiger partial charge is 0.345 e. The summed E-state index contributed by atoms with van der Waals surface area (Å²) < 4.78 is 2.37. The zero-order valence-electron chi connectivity index (χ0n) is 18.2. The Morgan fingerprint density at radius 2 is 1.65 bits per heavy atom. The fourth-order valence-electron chi connectivity index (χ4n) is 4.99. The lowest BCUT2D eigenvalue weighted by Gasteiger charge is -2.34. The van der Waals surface area contributed by atoms with Gasteiger partial charge in [-0.2, -0.15) is 0 Å². The summed E-state index contributed by atoms with van der Waals surface area (Å²) in [6.45, 7) is 7.12. The van der Waals surface area contributed by atoms with Gasteiger partial charge in [0.2, 0.25) is 0 Å². The van der Waals surface area contributed by atoms with Gasteiger partial charge < -0.3 is 9.47 Å². The molecule has 1 aromatic heterocycles. The van der Waals surface area contributed by atoms with Gasteiger partial charge in [0.1, 0.15) is 0 Å². The number of benzene rings is 1. The summed E-state index contributed by atoms with van der Waals surface area (Å²) in [5, 5.41) is 0.820. The van der Waals surface area contributed by atoms with Crippen LogP contribution in [0.3, 0.4) is 0 Å². The van der Waals surface area contributed by atoms with Crippen LogP contribution in [-0.2, 0) is 0 Å². The van der Waals surface area contributed by atoms with Crippen molar-refractivity contribution in [3.05, 3.63) is 56.8 Å². The zero-order valence-corrected chi connectivity index (χ0v) is 19.7. The molecular weight excluding hydrogens is 433 g/mol. The Balaban J connectivity index is 1.36. The molecule has 2 aliphatic rings. The molecule has 166 valence electrons. The highest BCUT2D eigenvalue weighted by Crippen LogP contribution is 2.33. The molecule has 1 amide bonds. The van der Waals surface area contributed by atoms with Crippen LogP contribution in [0, 0.1) is 13.8 Å². The molecule has 2 aromatic rings. The number of piperazine rings is 1. The van der Waals surface area contributed by atoms with Crippen molar-refractivity contribution in [1.29, 1.82) is 0 Å². The molecule has 5 nitrogen and oxygen atoms in total. The second kappa shape index (κ2) is 9.35. The van der Waals surface area contributed by atoms with Crippen LogP contribution in [-0.4, -0.2) is 58.8 Å². The molecule has 1 aliphatic heterocycles. The predicted molar refractivity (Wildman–Crippen MR) is 125 cm³/mol. The van der Waals surface area contributed by atoms with E-state index in [-0.39, 0.29) is 11.7 Å². The Hall–Kier alpha value is -1.82. The van der Waals surface area contributed by atoms with Crippen LogP contribution in [0.15, 0.2) is 24.3 Å². The van der Waals surface area contributed by atoms with E-state index in [1.54, 1.807) is 18.2 Å². The molecule has 2 fully saturated rings. The number of Topliss-reactive ketones (excluding diaryl/α,β-unsaturated/α-hetero) is 1. The molecule has 0 unspecified atom stereocenters. The minimum atomic E-state index is -0.0512. The van der Waals surface area contributed by atoms with Crippen molar-refractivity contribution in [2.24, 2.45) is 0 Å². The molecule has 0 atom stereocenters. The zero-order chi connectivity index (χ0) is 22.1. The number of hydrogen-bond donors (Lipinski definition) is 0. The summed E-state index contributed by atoms with van der Waals surface area (Å²) in [4.78, 5) is 29.8. The molecule has 1 saturated carbocycles. The summed E-state index contributed by atoms with van der Waals surface area (Å²) in [6, 6.07) is 7.56. The van der Waals surface area contributed by atoms with Gasteiger partial charge in [-0.15, -0.1) is 0 Å². The van der Waals surface area contributed by atoms with Crippen molar-refractivity contribution in [1.82, 2.24) is 14.4 Å². The predicted octanol–water partition coefficient (Wildman–Crippen LogP) is 5.17. The van der Waals surface area contributed by atoms with Gasteiger partial charge in [-0.25, -0.2) is 0 Å². The van der Waals surface area contributed by atoms with E-state index in [1.165, 1.54) is 31.4 Å². The van der Waals surface area contributed by atoms with E-state index >= 15 is 0 Å². The average molecular weight is 462 g/mol. The molecule has 31 heavy (non-hydrogen) atoms. The monoisotopic (exact) mass is 461 g/mol. The van der Waals surface area contributed by atoms with Crippen LogP contribution in [0.2, 0.25) is 10.0 Å². The Morgan fingerprint density at radius 3 is 2.29 bits per heavy atom. The normalized spacial score (nSPS) is 18.0. The summed E-state index contributed by atoms with van der Waals surface area (Å²) >= 11 is 12.0. The van der Waals surface area contributed by atoms with E-state index in [2.05, 4.69) is 29.4 Å². The molecular formula is C24H29Cl2N3O2. The third-order valence-electron chi connectivity index (χ3n) is 6.67. The van der Waals surface area contributed by atoms with Gasteiger partial charge in [-0.05, 0) is 51.0 Å². The van der Waals surface area contributed by atoms with Crippen molar-refractivity contribution < 1.29 is 9.59 Å². The van der Waals surface area contributed by atoms with E-state index in [0.29, 0.717) is 54.4 Å². The summed E-state index contributed by atoms with van der Waals surface area (Å²) in [5.74, 6) is 0.117. The quantitative estimate of drug-likeness (QED) is 0.577. The number of nitrogens with zero attached hydrogens (tertiary/aromatic N) is 3. The van der Waals surface area contributed by atoms with Crippen molar-refractivity contribution in [2.75, 3.05) is 32.7 Å². The fraction of sp³-hybridized carbons (Fsp3) is 0.500. The molecule has 1 aliphatic carbocycles. The highest BCUT2D eigenvalue weighted by Gasteiger charge is 2.27. The number of halogens is 2. The van der Waals surface area contributed by atoms with Crippen LogP contribution in [0.4, 0.5) is 0 Å². The minimum Gasteiger partial charge on any atom is -0.345 e. The molecule has 4 rings (SSSR count). The van der Waals surface area contributed by atoms with Crippen LogP contribution >= 0.6 is 23.2 Å². The fourth-order valence-corrected chi connectivity index (χ4v) is 5.29. The smallest absolute Gasteiger partial charge is 0.253 e. The number of amides is 1. The SMILES string of the molecule is Cc1cc(C(=O)CN2CCN(C(=O)c3ccc(Cl)c(Cl)c3)CC2)c(C)n1C1CCCC1. The standard InChI is InChI=1S/C24H29Cl2N3O2/c1-16-13-20(17(2)29(16)19-5-3-4-6-19)23(30)15-27-9-11-28(12-10-27)24(31)18-7-8-21(25)22(26)14-18/h7-8,13-14,19H,3-6,9-12,15H2,1-2H3. The number of aryl methyl sites for hydroxylation is 1. The Kier molecular flexibility index (Phi) is 6.75. The molecule has 0 spiro atoms. The first-order valence-corrected chi connectivity index (χ1v) is 11.8. The van der Waals surface area contributed by atoms with E-state index < -0.39 is 0 Å². The first-order valence-electron chi connectivity index (χ1n) is 11.0. The lowest BCUT2D eigenvalue weighted by atomic mass is 10.1. The number of rotatable bonds is 5. The van der Waals surface area contributed by atoms with Crippen molar-refractivity contribution >= 4 is 34.9 Å². The van der Waals surface area contributed by atoms with E-state index in [0.717, 1.165) is 11.3 Å². The molecule has 2 heterocycles. The average Bonchev–Trinajstić information content (AvgIpc) is 3.37. The maximum atomic E-state index is 13.1. The number of carbonyl (C=O) groups is 2.